The van der Waals surface area contributed by atoms with E-state index in [9.17, 15) is 9.59 Å². The van der Waals surface area contributed by atoms with Crippen LogP contribution in [0.4, 0.5) is 0 Å². The zero-order valence-electron chi connectivity index (χ0n) is 21.7. The molecule has 3 heterocycles. The predicted octanol–water partition coefficient (Wildman–Crippen LogP) is 3.53. The number of aryl methyl sites for hydroxylation is 1. The summed E-state index contributed by atoms with van der Waals surface area (Å²) in [4.78, 5) is 34.5. The molecule has 10 heteroatoms. The van der Waals surface area contributed by atoms with Gasteiger partial charge in [0.25, 0.3) is 5.91 Å². The third-order valence-electron chi connectivity index (χ3n) is 7.98. The van der Waals surface area contributed by atoms with Crippen molar-refractivity contribution in [2.45, 2.75) is 62.4 Å². The third-order valence-corrected chi connectivity index (χ3v) is 8.48. The fourth-order valence-corrected chi connectivity index (χ4v) is 5.94. The van der Waals surface area contributed by atoms with Gasteiger partial charge in [-0.2, -0.15) is 5.10 Å². The highest BCUT2D eigenvalue weighted by Crippen LogP contribution is 2.45. The van der Waals surface area contributed by atoms with Gasteiger partial charge in [0.15, 0.2) is 0 Å². The number of nitrogens with zero attached hydrogens (tertiary/aromatic N) is 3. The lowest BCUT2D eigenvalue weighted by atomic mass is 9.78. The van der Waals surface area contributed by atoms with Crippen LogP contribution in [0, 0.1) is 5.92 Å². The minimum Gasteiger partial charge on any atom is -0.465 e. The standard InChI is InChI=1S/C27H34N5O4Si/c1-4-36-25(34)27(12-14-35-16-27)18-5-6-19-20(15-18)30-23(29-19)22(17-7-10-26(2,37)11-8-17)31-24(33)21-9-13-28-32(21)3/h5-6,9,13,15,17,22H,4,7-8,10-12,14,16H2,1-3H3,(H,29,30)(H,31,33)/t17?,22-,26?,27?/m0/s1. The summed E-state index contributed by atoms with van der Waals surface area (Å²) in [7, 11) is 5.66. The maximum absolute atomic E-state index is 13.2. The SMILES string of the molecule is CCOC(=O)C1(c2ccc3nc([C@@H](NC(=O)c4ccnn4C)C4CCC(C)([Si])CC4)[nH]c3c2)CCOC1. The second-order valence-electron chi connectivity index (χ2n) is 10.6. The highest BCUT2D eigenvalue weighted by molar-refractivity contribution is 6.14. The Morgan fingerprint density at radius 1 is 1.30 bits per heavy atom. The quantitative estimate of drug-likeness (QED) is 0.364. The largest absolute Gasteiger partial charge is 0.465 e. The molecule has 2 N–H and O–H groups in total. The van der Waals surface area contributed by atoms with Gasteiger partial charge < -0.3 is 19.8 Å². The first-order chi connectivity index (χ1) is 17.7. The Labute approximate surface area is 220 Å². The molecule has 1 aliphatic carbocycles. The van der Waals surface area contributed by atoms with Crippen LogP contribution in [0.1, 0.15) is 73.9 Å². The van der Waals surface area contributed by atoms with E-state index in [-0.39, 0.29) is 28.9 Å². The van der Waals surface area contributed by atoms with Gasteiger partial charge in [0.1, 0.15) is 16.9 Å². The highest BCUT2D eigenvalue weighted by Gasteiger charge is 2.45. The third kappa shape index (κ3) is 4.96. The van der Waals surface area contributed by atoms with Gasteiger partial charge in [-0.25, -0.2) is 4.98 Å². The predicted molar refractivity (Wildman–Crippen MR) is 139 cm³/mol. The molecular formula is C27H34N5O4Si. The average Bonchev–Trinajstić information content (AvgIpc) is 3.62. The van der Waals surface area contributed by atoms with Gasteiger partial charge in [0.2, 0.25) is 0 Å². The van der Waals surface area contributed by atoms with Crippen molar-refractivity contribution in [2.75, 3.05) is 19.8 Å². The number of amides is 1. The molecule has 1 unspecified atom stereocenters. The lowest BCUT2D eigenvalue weighted by Crippen LogP contribution is -2.38. The molecule has 3 radical (unpaired) electrons. The van der Waals surface area contributed by atoms with Crippen LogP contribution in [-0.2, 0) is 26.7 Å². The van der Waals surface area contributed by atoms with E-state index in [0.29, 0.717) is 31.9 Å². The van der Waals surface area contributed by atoms with Gasteiger partial charge in [-0.05, 0) is 60.9 Å². The number of nitrogens with one attached hydrogen (secondary N) is 2. The normalized spacial score (nSPS) is 26.8. The second-order valence-corrected chi connectivity index (χ2v) is 11.9. The number of carbonyl (C=O) groups is 2. The van der Waals surface area contributed by atoms with Gasteiger partial charge in [-0.1, -0.05) is 25.8 Å². The van der Waals surface area contributed by atoms with Crippen LogP contribution in [0.15, 0.2) is 30.5 Å². The molecule has 1 aromatic carbocycles. The molecule has 195 valence electrons. The van der Waals surface area contributed by atoms with Crippen molar-refractivity contribution in [1.82, 2.24) is 25.1 Å². The van der Waals surface area contributed by atoms with E-state index in [1.165, 1.54) is 0 Å². The summed E-state index contributed by atoms with van der Waals surface area (Å²) >= 11 is 0. The molecule has 2 aromatic heterocycles. The summed E-state index contributed by atoms with van der Waals surface area (Å²) in [6, 6.07) is 7.28. The molecular weight excluding hydrogens is 486 g/mol. The van der Waals surface area contributed by atoms with Gasteiger partial charge in [-0.15, -0.1) is 0 Å². The van der Waals surface area contributed by atoms with Crippen LogP contribution < -0.4 is 5.32 Å². The summed E-state index contributed by atoms with van der Waals surface area (Å²) < 4.78 is 12.6. The number of hydrogen-bond donors (Lipinski definition) is 2. The molecule has 1 saturated heterocycles. The summed E-state index contributed by atoms with van der Waals surface area (Å²) in [5.74, 6) is 0.517. The van der Waals surface area contributed by atoms with Crippen molar-refractivity contribution < 1.29 is 19.1 Å². The minimum absolute atomic E-state index is 0.112. The number of carbonyl (C=O) groups excluding carboxylic acids is 2. The summed E-state index contributed by atoms with van der Waals surface area (Å²) in [6.45, 7) is 5.17. The Morgan fingerprint density at radius 3 is 2.73 bits per heavy atom. The van der Waals surface area contributed by atoms with Gasteiger partial charge >= 0.3 is 5.97 Å². The molecule has 9 nitrogen and oxygen atoms in total. The van der Waals surface area contributed by atoms with Gasteiger partial charge in [0, 0.05) is 30.1 Å². The fraction of sp³-hybridized carbons (Fsp3) is 0.556. The number of hydrogen-bond acceptors (Lipinski definition) is 6. The Balaban J connectivity index is 1.49. The lowest BCUT2D eigenvalue weighted by Gasteiger charge is -2.37. The molecule has 1 aliphatic heterocycles. The van der Waals surface area contributed by atoms with Gasteiger partial charge in [0.05, 0.1) is 30.3 Å². The minimum atomic E-state index is -0.813. The summed E-state index contributed by atoms with van der Waals surface area (Å²) in [5, 5.41) is 7.50. The number of H-pyrrole nitrogens is 1. The fourth-order valence-electron chi connectivity index (χ4n) is 5.65. The molecule has 2 atom stereocenters. The second kappa shape index (κ2) is 10.1. The van der Waals surface area contributed by atoms with Crippen LogP contribution in [0.25, 0.3) is 11.0 Å². The molecule has 1 amide bonds. The van der Waals surface area contributed by atoms with Crippen molar-refractivity contribution >= 4 is 33.2 Å². The van der Waals surface area contributed by atoms with Crippen LogP contribution in [0.5, 0.6) is 0 Å². The summed E-state index contributed by atoms with van der Waals surface area (Å²) in [6.07, 6.45) is 6.15. The number of ether oxygens (including phenoxy) is 2. The molecule has 0 bridgehead atoms. The number of aromatic nitrogens is 4. The van der Waals surface area contributed by atoms with E-state index in [1.54, 1.807) is 24.0 Å². The van der Waals surface area contributed by atoms with Crippen LogP contribution >= 0.6 is 0 Å². The summed E-state index contributed by atoms with van der Waals surface area (Å²) in [5.41, 5.74) is 2.16. The van der Waals surface area contributed by atoms with Crippen molar-refractivity contribution in [2.24, 2.45) is 13.0 Å². The Kier molecular flexibility index (Phi) is 6.97. The Hall–Kier alpha value is -2.98. The van der Waals surface area contributed by atoms with E-state index in [2.05, 4.69) is 32.6 Å². The average molecular weight is 521 g/mol. The molecule has 5 rings (SSSR count). The first kappa shape index (κ1) is 25.7. The van der Waals surface area contributed by atoms with Crippen molar-refractivity contribution in [3.63, 3.8) is 0 Å². The van der Waals surface area contributed by atoms with Crippen LogP contribution in [0.3, 0.4) is 0 Å². The number of fused-ring (bicyclic) bond motifs is 1. The van der Waals surface area contributed by atoms with Crippen LogP contribution in [0.2, 0.25) is 5.04 Å². The molecule has 37 heavy (non-hydrogen) atoms. The molecule has 0 spiro atoms. The number of benzene rings is 1. The van der Waals surface area contributed by atoms with E-state index in [0.717, 1.165) is 48.1 Å². The zero-order chi connectivity index (χ0) is 26.2. The van der Waals surface area contributed by atoms with Crippen molar-refractivity contribution in [1.29, 1.82) is 0 Å². The van der Waals surface area contributed by atoms with Crippen molar-refractivity contribution in [3.05, 3.63) is 47.5 Å². The topological polar surface area (TPSA) is 111 Å². The first-order valence-corrected chi connectivity index (χ1v) is 13.5. The molecule has 3 aromatic rings. The van der Waals surface area contributed by atoms with E-state index in [1.807, 2.05) is 25.1 Å². The molecule has 1 saturated carbocycles. The maximum atomic E-state index is 13.2. The Morgan fingerprint density at radius 2 is 2.08 bits per heavy atom. The van der Waals surface area contributed by atoms with E-state index >= 15 is 0 Å². The molecule has 2 fully saturated rings. The number of rotatable bonds is 7. The lowest BCUT2D eigenvalue weighted by molar-refractivity contribution is -0.150. The van der Waals surface area contributed by atoms with Crippen LogP contribution in [-0.4, -0.2) is 61.7 Å². The highest BCUT2D eigenvalue weighted by atomic mass is 28.1. The van der Waals surface area contributed by atoms with E-state index in [4.69, 9.17) is 14.5 Å². The number of esters is 1. The number of imidazole rings is 1. The zero-order valence-corrected chi connectivity index (χ0v) is 22.7. The Bertz CT molecular complexity index is 1280. The smallest absolute Gasteiger partial charge is 0.319 e. The maximum Gasteiger partial charge on any atom is 0.319 e. The monoisotopic (exact) mass is 520 g/mol. The number of aromatic amines is 1. The van der Waals surface area contributed by atoms with Crippen molar-refractivity contribution in [3.8, 4) is 0 Å². The van der Waals surface area contributed by atoms with Gasteiger partial charge in [-0.3, -0.25) is 14.3 Å². The molecule has 2 aliphatic rings. The van der Waals surface area contributed by atoms with E-state index < -0.39 is 5.41 Å². The first-order valence-electron chi connectivity index (χ1n) is 13.0.